The quantitative estimate of drug-likeness (QED) is 0.641. The first-order valence-corrected chi connectivity index (χ1v) is 6.18. The molecule has 0 aliphatic rings. The summed E-state index contributed by atoms with van der Waals surface area (Å²) in [6, 6.07) is 3.70. The maximum atomic E-state index is 11.8. The van der Waals surface area contributed by atoms with Gasteiger partial charge in [-0.05, 0) is 18.1 Å². The van der Waals surface area contributed by atoms with Crippen molar-refractivity contribution in [3.8, 4) is 0 Å². The number of nitrogens with two attached hydrogens (primary N) is 1. The van der Waals surface area contributed by atoms with E-state index in [1.807, 2.05) is 13.8 Å². The van der Waals surface area contributed by atoms with Crippen LogP contribution >= 0.6 is 11.6 Å². The molecule has 0 heterocycles. The van der Waals surface area contributed by atoms with E-state index in [2.05, 4.69) is 5.32 Å². The summed E-state index contributed by atoms with van der Waals surface area (Å²) in [5.41, 5.74) is 5.66. The van der Waals surface area contributed by atoms with Gasteiger partial charge in [0.25, 0.3) is 5.69 Å². The molecule has 0 saturated heterocycles. The Kier molecular flexibility index (Phi) is 5.26. The first-order valence-electron chi connectivity index (χ1n) is 5.80. The summed E-state index contributed by atoms with van der Waals surface area (Å²) in [4.78, 5) is 22.0. The molecule has 1 amide bonds. The highest BCUT2D eigenvalue weighted by Gasteiger charge is 2.18. The van der Waals surface area contributed by atoms with E-state index >= 15 is 0 Å². The van der Waals surface area contributed by atoms with Gasteiger partial charge in [0.15, 0.2) is 0 Å². The first-order chi connectivity index (χ1) is 8.81. The first kappa shape index (κ1) is 15.4. The largest absolute Gasteiger partial charge is 0.327 e. The van der Waals surface area contributed by atoms with Crippen molar-refractivity contribution in [2.24, 2.45) is 11.7 Å². The van der Waals surface area contributed by atoms with Crippen LogP contribution in [0.2, 0.25) is 5.02 Å². The zero-order valence-electron chi connectivity index (χ0n) is 10.7. The number of carbonyl (C=O) groups excluding carboxylic acids is 1. The minimum atomic E-state index is -0.575. The van der Waals surface area contributed by atoms with Gasteiger partial charge in [-0.25, -0.2) is 0 Å². The normalized spacial score (nSPS) is 12.3. The fraction of sp³-hybridized carbons (Fsp3) is 0.417. The summed E-state index contributed by atoms with van der Waals surface area (Å²) < 4.78 is 0. The Labute approximate surface area is 116 Å². The number of hydrogen-bond acceptors (Lipinski definition) is 4. The van der Waals surface area contributed by atoms with Crippen molar-refractivity contribution in [2.45, 2.75) is 26.3 Å². The van der Waals surface area contributed by atoms with E-state index in [0.717, 1.165) is 0 Å². The summed E-state index contributed by atoms with van der Waals surface area (Å²) in [6.45, 7) is 3.81. The molecule has 0 spiro atoms. The van der Waals surface area contributed by atoms with Crippen LogP contribution < -0.4 is 11.1 Å². The molecule has 3 N–H and O–H groups in total. The zero-order chi connectivity index (χ0) is 14.6. The molecule has 0 aromatic heterocycles. The number of hydrogen-bond donors (Lipinski definition) is 2. The van der Waals surface area contributed by atoms with Gasteiger partial charge in [0.1, 0.15) is 5.69 Å². The maximum Gasteiger partial charge on any atom is 0.292 e. The number of carbonyl (C=O) groups is 1. The van der Waals surface area contributed by atoms with Gasteiger partial charge in [0.05, 0.1) is 4.92 Å². The number of benzene rings is 1. The van der Waals surface area contributed by atoms with Crippen LogP contribution in [0, 0.1) is 16.0 Å². The van der Waals surface area contributed by atoms with Crippen LogP contribution in [0.25, 0.3) is 0 Å². The SMILES string of the molecule is CC(C)C(N)CC(=O)Nc1cc(Cl)ccc1[N+](=O)[O-]. The predicted molar refractivity (Wildman–Crippen MR) is 74.2 cm³/mol. The molecule has 1 rings (SSSR count). The Morgan fingerprint density at radius 3 is 2.68 bits per heavy atom. The average molecular weight is 286 g/mol. The van der Waals surface area contributed by atoms with E-state index in [-0.39, 0.29) is 35.7 Å². The molecule has 0 saturated carbocycles. The summed E-state index contributed by atoms with van der Waals surface area (Å²) in [5, 5.41) is 13.6. The summed E-state index contributed by atoms with van der Waals surface area (Å²) in [6.07, 6.45) is 0.0985. The Bertz CT molecular complexity index is 491. The van der Waals surface area contributed by atoms with Crippen LogP contribution in [-0.2, 0) is 4.79 Å². The monoisotopic (exact) mass is 285 g/mol. The zero-order valence-corrected chi connectivity index (χ0v) is 11.5. The van der Waals surface area contributed by atoms with Gasteiger partial charge >= 0.3 is 0 Å². The Morgan fingerprint density at radius 2 is 2.16 bits per heavy atom. The Morgan fingerprint density at radius 1 is 1.53 bits per heavy atom. The molecule has 1 atom stereocenters. The average Bonchev–Trinajstić information content (AvgIpc) is 2.27. The van der Waals surface area contributed by atoms with Crippen LogP contribution in [0.15, 0.2) is 18.2 Å². The summed E-state index contributed by atoms with van der Waals surface area (Å²) >= 11 is 5.76. The van der Waals surface area contributed by atoms with Gasteiger partial charge in [0, 0.05) is 23.6 Å². The standard InChI is InChI=1S/C12H16ClN3O3/c1-7(2)9(14)6-12(17)15-10-5-8(13)3-4-11(10)16(18)19/h3-5,7,9H,6,14H2,1-2H3,(H,15,17). The summed E-state index contributed by atoms with van der Waals surface area (Å²) in [7, 11) is 0. The Hall–Kier alpha value is -1.66. The number of nitrogens with zero attached hydrogens (tertiary/aromatic N) is 1. The number of rotatable bonds is 5. The fourth-order valence-electron chi connectivity index (χ4n) is 1.42. The van der Waals surface area contributed by atoms with Crippen LogP contribution in [0.5, 0.6) is 0 Å². The lowest BCUT2D eigenvalue weighted by Crippen LogP contribution is -2.31. The molecule has 7 heteroatoms. The van der Waals surface area contributed by atoms with Gasteiger partial charge in [-0.15, -0.1) is 0 Å². The lowest BCUT2D eigenvalue weighted by Gasteiger charge is -2.15. The van der Waals surface area contributed by atoms with Crippen molar-refractivity contribution in [2.75, 3.05) is 5.32 Å². The number of amides is 1. The van der Waals surface area contributed by atoms with E-state index in [0.29, 0.717) is 5.02 Å². The van der Waals surface area contributed by atoms with E-state index in [9.17, 15) is 14.9 Å². The third kappa shape index (κ3) is 4.50. The highest BCUT2D eigenvalue weighted by atomic mass is 35.5. The molecule has 0 fully saturated rings. The topological polar surface area (TPSA) is 98.3 Å². The molecule has 1 unspecified atom stereocenters. The molecule has 19 heavy (non-hydrogen) atoms. The van der Waals surface area contributed by atoms with Crippen molar-refractivity contribution >= 4 is 28.9 Å². The van der Waals surface area contributed by atoms with Crippen molar-refractivity contribution in [3.63, 3.8) is 0 Å². The van der Waals surface area contributed by atoms with Crippen molar-refractivity contribution in [1.29, 1.82) is 0 Å². The van der Waals surface area contributed by atoms with Crippen molar-refractivity contribution < 1.29 is 9.72 Å². The molecule has 6 nitrogen and oxygen atoms in total. The number of nitrogens with one attached hydrogen (secondary N) is 1. The predicted octanol–water partition coefficient (Wildman–Crippen LogP) is 2.56. The van der Waals surface area contributed by atoms with Crippen molar-refractivity contribution in [1.82, 2.24) is 0 Å². The maximum absolute atomic E-state index is 11.8. The number of nitro groups is 1. The molecule has 0 bridgehead atoms. The van der Waals surface area contributed by atoms with E-state index in [4.69, 9.17) is 17.3 Å². The molecular weight excluding hydrogens is 270 g/mol. The van der Waals surface area contributed by atoms with Gasteiger partial charge in [0.2, 0.25) is 5.91 Å². The molecule has 1 aromatic rings. The lowest BCUT2D eigenvalue weighted by atomic mass is 10.0. The highest BCUT2D eigenvalue weighted by molar-refractivity contribution is 6.31. The second-order valence-corrected chi connectivity index (χ2v) is 5.02. The van der Waals surface area contributed by atoms with Gasteiger partial charge in [-0.1, -0.05) is 25.4 Å². The third-order valence-corrected chi connectivity index (χ3v) is 2.94. The lowest BCUT2D eigenvalue weighted by molar-refractivity contribution is -0.383. The summed E-state index contributed by atoms with van der Waals surface area (Å²) in [5.74, 6) is -0.216. The third-order valence-electron chi connectivity index (χ3n) is 2.71. The van der Waals surface area contributed by atoms with Gasteiger partial charge in [-0.3, -0.25) is 14.9 Å². The minimum Gasteiger partial charge on any atom is -0.327 e. The van der Waals surface area contributed by atoms with Crippen molar-refractivity contribution in [3.05, 3.63) is 33.3 Å². The van der Waals surface area contributed by atoms with Crippen LogP contribution in [-0.4, -0.2) is 16.9 Å². The fourth-order valence-corrected chi connectivity index (χ4v) is 1.59. The van der Waals surface area contributed by atoms with Crippen LogP contribution in [0.1, 0.15) is 20.3 Å². The van der Waals surface area contributed by atoms with Gasteiger partial charge < -0.3 is 11.1 Å². The molecule has 0 radical (unpaired) electrons. The molecule has 0 aliphatic heterocycles. The van der Waals surface area contributed by atoms with Crippen LogP contribution in [0.4, 0.5) is 11.4 Å². The smallest absolute Gasteiger partial charge is 0.292 e. The van der Waals surface area contributed by atoms with E-state index in [1.54, 1.807) is 0 Å². The molecule has 1 aromatic carbocycles. The Balaban J connectivity index is 2.84. The number of nitro benzene ring substituents is 1. The second kappa shape index (κ2) is 6.49. The van der Waals surface area contributed by atoms with Gasteiger partial charge in [-0.2, -0.15) is 0 Å². The number of anilines is 1. The molecule has 0 aliphatic carbocycles. The molecular formula is C12H16ClN3O3. The second-order valence-electron chi connectivity index (χ2n) is 4.58. The highest BCUT2D eigenvalue weighted by Crippen LogP contribution is 2.27. The van der Waals surface area contributed by atoms with Crippen LogP contribution in [0.3, 0.4) is 0 Å². The van der Waals surface area contributed by atoms with E-state index in [1.165, 1.54) is 18.2 Å². The minimum absolute atomic E-state index is 0.0819. The molecule has 104 valence electrons. The van der Waals surface area contributed by atoms with E-state index < -0.39 is 4.92 Å². The number of halogens is 1.